The number of pyridine rings is 1. The topological polar surface area (TPSA) is 38.7 Å². The number of hydrogen-bond donors (Lipinski definition) is 0. The van der Waals surface area contributed by atoms with Crippen molar-refractivity contribution >= 4 is 32.6 Å². The van der Waals surface area contributed by atoms with Crippen LogP contribution in [0.4, 0.5) is 0 Å². The minimum absolute atomic E-state index is 0.722. The van der Waals surface area contributed by atoms with Crippen LogP contribution in [0, 0.1) is 0 Å². The Balaban J connectivity index is 1.62. The standard InChI is InChI=1S/C31H19N3/c1-3-7-20(8-4-1)25-19-26(21-9-5-2-6-10-21)24-12-14-28-30-27(13-11-23(25)29(24)30)33-31(34-28)22-15-17-32-18-16-22/h1-19H. The van der Waals surface area contributed by atoms with Gasteiger partial charge in [0.15, 0.2) is 5.82 Å². The van der Waals surface area contributed by atoms with Crippen molar-refractivity contribution in [3.63, 3.8) is 0 Å². The van der Waals surface area contributed by atoms with Crippen LogP contribution in [0.5, 0.6) is 0 Å². The third-order valence-corrected chi connectivity index (χ3v) is 6.55. The Morgan fingerprint density at radius 3 is 1.50 bits per heavy atom. The van der Waals surface area contributed by atoms with E-state index in [1.54, 1.807) is 12.4 Å². The van der Waals surface area contributed by atoms with Crippen LogP contribution in [0.25, 0.3) is 66.2 Å². The summed E-state index contributed by atoms with van der Waals surface area (Å²) >= 11 is 0. The van der Waals surface area contributed by atoms with Gasteiger partial charge in [0.1, 0.15) is 0 Å². The summed E-state index contributed by atoms with van der Waals surface area (Å²) in [6.07, 6.45) is 3.56. The third kappa shape index (κ3) is 2.87. The van der Waals surface area contributed by atoms with Gasteiger partial charge in [-0.3, -0.25) is 4.98 Å². The Morgan fingerprint density at radius 2 is 0.971 bits per heavy atom. The molecule has 0 atom stereocenters. The molecule has 0 unspecified atom stereocenters. The van der Waals surface area contributed by atoms with Crippen LogP contribution in [0.3, 0.4) is 0 Å². The average Bonchev–Trinajstić information content (AvgIpc) is 2.92. The maximum Gasteiger partial charge on any atom is 0.160 e. The molecule has 3 heteroatoms. The van der Waals surface area contributed by atoms with Crippen LogP contribution in [0.15, 0.2) is 116 Å². The van der Waals surface area contributed by atoms with Crippen molar-refractivity contribution < 1.29 is 0 Å². The van der Waals surface area contributed by atoms with E-state index in [4.69, 9.17) is 9.97 Å². The minimum Gasteiger partial charge on any atom is -0.265 e. The maximum absolute atomic E-state index is 4.96. The minimum atomic E-state index is 0.722. The normalized spacial score (nSPS) is 11.5. The van der Waals surface area contributed by atoms with E-state index in [1.165, 1.54) is 38.4 Å². The highest BCUT2D eigenvalue weighted by Gasteiger charge is 2.18. The Bertz CT molecular complexity index is 1670. The molecule has 0 aliphatic carbocycles. The molecular weight excluding hydrogens is 414 g/mol. The Labute approximate surface area is 196 Å². The first-order valence-electron chi connectivity index (χ1n) is 11.4. The van der Waals surface area contributed by atoms with Crippen LogP contribution in [-0.4, -0.2) is 15.0 Å². The summed E-state index contributed by atoms with van der Waals surface area (Å²) in [6.45, 7) is 0. The summed E-state index contributed by atoms with van der Waals surface area (Å²) in [7, 11) is 0. The van der Waals surface area contributed by atoms with Crippen LogP contribution in [0.1, 0.15) is 0 Å². The molecule has 2 aromatic heterocycles. The van der Waals surface area contributed by atoms with Crippen LogP contribution >= 0.6 is 0 Å². The van der Waals surface area contributed by atoms with E-state index in [-0.39, 0.29) is 0 Å². The molecule has 0 aliphatic rings. The highest BCUT2D eigenvalue weighted by Crippen LogP contribution is 2.43. The molecule has 0 spiro atoms. The zero-order valence-corrected chi connectivity index (χ0v) is 18.3. The van der Waals surface area contributed by atoms with Crippen molar-refractivity contribution in [1.82, 2.24) is 15.0 Å². The predicted octanol–water partition coefficient (Wildman–Crippen LogP) is 7.77. The van der Waals surface area contributed by atoms with Gasteiger partial charge in [-0.2, -0.15) is 0 Å². The van der Waals surface area contributed by atoms with Gasteiger partial charge in [-0.25, -0.2) is 9.97 Å². The molecular formula is C31H19N3. The van der Waals surface area contributed by atoms with Crippen molar-refractivity contribution in [3.8, 4) is 33.6 Å². The molecule has 7 rings (SSSR count). The second kappa shape index (κ2) is 7.46. The second-order valence-corrected chi connectivity index (χ2v) is 8.50. The first-order valence-corrected chi connectivity index (χ1v) is 11.4. The van der Waals surface area contributed by atoms with Gasteiger partial charge < -0.3 is 0 Å². The monoisotopic (exact) mass is 433 g/mol. The van der Waals surface area contributed by atoms with E-state index in [0.29, 0.717) is 0 Å². The van der Waals surface area contributed by atoms with E-state index in [1.807, 2.05) is 12.1 Å². The fourth-order valence-electron chi connectivity index (χ4n) is 4.99. The molecule has 5 aromatic carbocycles. The van der Waals surface area contributed by atoms with Gasteiger partial charge in [0.2, 0.25) is 0 Å². The highest BCUT2D eigenvalue weighted by atomic mass is 14.9. The number of nitrogens with zero attached hydrogens (tertiary/aromatic N) is 3. The van der Waals surface area contributed by atoms with Gasteiger partial charge in [-0.05, 0) is 63.4 Å². The van der Waals surface area contributed by atoms with E-state index >= 15 is 0 Å². The predicted molar refractivity (Wildman–Crippen MR) is 140 cm³/mol. The quantitative estimate of drug-likeness (QED) is 0.267. The molecule has 0 amide bonds. The van der Waals surface area contributed by atoms with Crippen LogP contribution in [0.2, 0.25) is 0 Å². The van der Waals surface area contributed by atoms with Crippen LogP contribution < -0.4 is 0 Å². The molecule has 0 radical (unpaired) electrons. The average molecular weight is 434 g/mol. The molecule has 7 aromatic rings. The summed E-state index contributed by atoms with van der Waals surface area (Å²) in [5.41, 5.74) is 7.74. The fraction of sp³-hybridized carbons (Fsp3) is 0. The van der Waals surface area contributed by atoms with Gasteiger partial charge in [0, 0.05) is 28.7 Å². The number of hydrogen-bond acceptors (Lipinski definition) is 3. The molecule has 0 aliphatic heterocycles. The zero-order chi connectivity index (χ0) is 22.5. The van der Waals surface area contributed by atoms with E-state index < -0.39 is 0 Å². The Morgan fingerprint density at radius 1 is 0.441 bits per heavy atom. The molecule has 34 heavy (non-hydrogen) atoms. The number of aromatic nitrogens is 3. The lowest BCUT2D eigenvalue weighted by atomic mass is 9.87. The van der Waals surface area contributed by atoms with E-state index in [9.17, 15) is 0 Å². The first kappa shape index (κ1) is 18.9. The van der Waals surface area contributed by atoms with Crippen LogP contribution in [-0.2, 0) is 0 Å². The van der Waals surface area contributed by atoms with E-state index in [2.05, 4.69) is 96.0 Å². The van der Waals surface area contributed by atoms with Gasteiger partial charge in [0.25, 0.3) is 0 Å². The van der Waals surface area contributed by atoms with Gasteiger partial charge in [0.05, 0.1) is 11.0 Å². The van der Waals surface area contributed by atoms with Crippen molar-refractivity contribution in [1.29, 1.82) is 0 Å². The fourth-order valence-corrected chi connectivity index (χ4v) is 4.99. The SMILES string of the molecule is c1ccc(-c2cc(-c3ccccc3)c3ccc4nc(-c5ccncc5)nc5ccc2c3c54)cc1. The second-order valence-electron chi connectivity index (χ2n) is 8.50. The molecule has 0 saturated heterocycles. The summed E-state index contributed by atoms with van der Waals surface area (Å²) in [5, 5.41) is 4.78. The highest BCUT2D eigenvalue weighted by molar-refractivity contribution is 6.27. The van der Waals surface area contributed by atoms with Gasteiger partial charge in [-0.1, -0.05) is 72.8 Å². The molecule has 0 bridgehead atoms. The summed E-state index contributed by atoms with van der Waals surface area (Å²) in [4.78, 5) is 14.1. The molecule has 0 N–H and O–H groups in total. The molecule has 2 heterocycles. The van der Waals surface area contributed by atoms with Crippen molar-refractivity contribution in [2.45, 2.75) is 0 Å². The molecule has 3 nitrogen and oxygen atoms in total. The van der Waals surface area contributed by atoms with Gasteiger partial charge in [-0.15, -0.1) is 0 Å². The summed E-state index contributed by atoms with van der Waals surface area (Å²) < 4.78 is 0. The zero-order valence-electron chi connectivity index (χ0n) is 18.3. The smallest absolute Gasteiger partial charge is 0.160 e. The first-order chi connectivity index (χ1) is 16.9. The Hall–Kier alpha value is -4.63. The van der Waals surface area contributed by atoms with Crippen molar-refractivity contribution in [2.75, 3.05) is 0 Å². The number of rotatable bonds is 3. The molecule has 0 fully saturated rings. The Kier molecular flexibility index (Phi) is 4.15. The lowest BCUT2D eigenvalue weighted by molar-refractivity contribution is 1.24. The van der Waals surface area contributed by atoms with Crippen molar-refractivity contribution in [2.24, 2.45) is 0 Å². The lowest BCUT2D eigenvalue weighted by Crippen LogP contribution is -1.96. The summed E-state index contributed by atoms with van der Waals surface area (Å²) in [6, 6.07) is 36.1. The maximum atomic E-state index is 4.96. The number of benzene rings is 5. The van der Waals surface area contributed by atoms with E-state index in [0.717, 1.165) is 27.8 Å². The molecule has 0 saturated carbocycles. The van der Waals surface area contributed by atoms with Crippen molar-refractivity contribution in [3.05, 3.63) is 116 Å². The largest absolute Gasteiger partial charge is 0.265 e. The molecule has 158 valence electrons. The summed E-state index contributed by atoms with van der Waals surface area (Å²) in [5.74, 6) is 0.722. The lowest BCUT2D eigenvalue weighted by Gasteiger charge is -2.18. The third-order valence-electron chi connectivity index (χ3n) is 6.55. The van der Waals surface area contributed by atoms with Gasteiger partial charge >= 0.3 is 0 Å².